The number of rotatable bonds is 4. The predicted octanol–water partition coefficient (Wildman–Crippen LogP) is 1.96. The van der Waals surface area contributed by atoms with Crippen molar-refractivity contribution in [3.63, 3.8) is 0 Å². The molecule has 1 aliphatic rings. The molecule has 29 heavy (non-hydrogen) atoms. The van der Waals surface area contributed by atoms with Gasteiger partial charge in [-0.25, -0.2) is 4.68 Å². The average Bonchev–Trinajstić information content (AvgIpc) is 3.41. The molecule has 1 amide bonds. The number of aromatic nitrogens is 5. The largest absolute Gasteiger partial charge is 0.459 e. The highest BCUT2D eigenvalue weighted by atomic mass is 16.3. The van der Waals surface area contributed by atoms with Crippen LogP contribution in [0.4, 0.5) is 0 Å². The van der Waals surface area contributed by atoms with Gasteiger partial charge in [-0.2, -0.15) is 0 Å². The zero-order valence-electron chi connectivity index (χ0n) is 16.9. The van der Waals surface area contributed by atoms with E-state index in [0.717, 1.165) is 11.4 Å². The Morgan fingerprint density at radius 1 is 1.14 bits per heavy atom. The lowest BCUT2D eigenvalue weighted by Crippen LogP contribution is -2.50. The van der Waals surface area contributed by atoms with Crippen molar-refractivity contribution in [1.29, 1.82) is 0 Å². The Bertz CT molecular complexity index is 939. The van der Waals surface area contributed by atoms with E-state index in [2.05, 4.69) is 46.2 Å². The Morgan fingerprint density at radius 2 is 1.93 bits per heavy atom. The van der Waals surface area contributed by atoms with Gasteiger partial charge in [-0.3, -0.25) is 14.7 Å². The second-order valence-electron chi connectivity index (χ2n) is 8.11. The Kier molecular flexibility index (Phi) is 5.14. The van der Waals surface area contributed by atoms with E-state index in [4.69, 9.17) is 4.42 Å². The summed E-state index contributed by atoms with van der Waals surface area (Å²) in [5.41, 5.74) is 0.773. The maximum atomic E-state index is 12.6. The van der Waals surface area contributed by atoms with Gasteiger partial charge < -0.3 is 9.32 Å². The smallest absolute Gasteiger partial charge is 0.289 e. The molecule has 0 N–H and O–H groups in total. The molecule has 0 aromatic carbocycles. The van der Waals surface area contributed by atoms with E-state index in [-0.39, 0.29) is 17.5 Å². The fraction of sp³-hybridized carbons (Fsp3) is 0.450. The molecule has 9 heteroatoms. The van der Waals surface area contributed by atoms with Gasteiger partial charge in [0, 0.05) is 38.6 Å². The van der Waals surface area contributed by atoms with Gasteiger partial charge in [0.25, 0.3) is 5.91 Å². The normalized spacial score (nSPS) is 16.7. The summed E-state index contributed by atoms with van der Waals surface area (Å²) in [5, 5.41) is 12.5. The van der Waals surface area contributed by atoms with Crippen LogP contribution in [0.15, 0.2) is 47.3 Å². The van der Waals surface area contributed by atoms with Crippen molar-refractivity contribution in [2.45, 2.75) is 32.4 Å². The lowest BCUT2D eigenvalue weighted by molar-refractivity contribution is 0.0556. The molecule has 4 rings (SSSR count). The Balaban J connectivity index is 1.59. The van der Waals surface area contributed by atoms with Gasteiger partial charge in [0.1, 0.15) is 0 Å². The van der Waals surface area contributed by atoms with Gasteiger partial charge in [0.15, 0.2) is 11.6 Å². The zero-order chi connectivity index (χ0) is 20.4. The molecule has 3 aromatic rings. The first-order chi connectivity index (χ1) is 13.9. The summed E-state index contributed by atoms with van der Waals surface area (Å²) >= 11 is 0. The molecule has 1 fully saturated rings. The number of tetrazole rings is 1. The van der Waals surface area contributed by atoms with Crippen molar-refractivity contribution in [2.24, 2.45) is 0 Å². The number of furan rings is 1. The van der Waals surface area contributed by atoms with Crippen molar-refractivity contribution in [3.8, 4) is 0 Å². The van der Waals surface area contributed by atoms with Crippen molar-refractivity contribution in [1.82, 2.24) is 35.0 Å². The number of amides is 1. The number of hydrogen-bond donors (Lipinski definition) is 0. The second kappa shape index (κ2) is 7.75. The van der Waals surface area contributed by atoms with E-state index in [1.807, 2.05) is 27.9 Å². The number of hydrogen-bond acceptors (Lipinski definition) is 7. The molecule has 0 unspecified atom stereocenters. The summed E-state index contributed by atoms with van der Waals surface area (Å²) in [6.07, 6.45) is 5.13. The van der Waals surface area contributed by atoms with Gasteiger partial charge in [-0.15, -0.1) is 5.10 Å². The minimum Gasteiger partial charge on any atom is -0.459 e. The number of carbonyl (C=O) groups excluding carboxylic acids is 1. The van der Waals surface area contributed by atoms with Gasteiger partial charge in [0.05, 0.1) is 17.8 Å². The van der Waals surface area contributed by atoms with Crippen LogP contribution >= 0.6 is 0 Å². The highest BCUT2D eigenvalue weighted by molar-refractivity contribution is 5.91. The van der Waals surface area contributed by atoms with Crippen LogP contribution in [0.5, 0.6) is 0 Å². The summed E-state index contributed by atoms with van der Waals surface area (Å²) in [5.74, 6) is 1.07. The highest BCUT2D eigenvalue weighted by Gasteiger charge is 2.34. The lowest BCUT2D eigenvalue weighted by atomic mass is 10.0. The standard InChI is InChI=1S/C20H25N7O2/c1-20(2,3)27-18(22-23-24-27)17(15-6-4-8-21-14-15)25-9-11-26(12-10-25)19(28)16-7-5-13-29-16/h4-8,13-14,17H,9-12H2,1-3H3/t17-/m1/s1. The summed E-state index contributed by atoms with van der Waals surface area (Å²) in [6.45, 7) is 8.83. The number of nitrogens with zero attached hydrogens (tertiary/aromatic N) is 7. The molecule has 9 nitrogen and oxygen atoms in total. The molecule has 1 atom stereocenters. The SMILES string of the molecule is CC(C)(C)n1nnnc1[C@@H](c1cccnc1)N1CCN(C(=O)c2ccco2)CC1. The van der Waals surface area contributed by atoms with Crippen LogP contribution in [-0.2, 0) is 5.54 Å². The quantitative estimate of drug-likeness (QED) is 0.667. The first-order valence-electron chi connectivity index (χ1n) is 9.70. The third kappa shape index (κ3) is 3.91. The Hall–Kier alpha value is -3.07. The first kappa shape index (κ1) is 19.3. The predicted molar refractivity (Wildman–Crippen MR) is 105 cm³/mol. The molecule has 0 saturated carbocycles. The molecular formula is C20H25N7O2. The van der Waals surface area contributed by atoms with Crippen molar-refractivity contribution >= 4 is 5.91 Å². The van der Waals surface area contributed by atoms with E-state index < -0.39 is 0 Å². The Morgan fingerprint density at radius 3 is 2.55 bits per heavy atom. The lowest BCUT2D eigenvalue weighted by Gasteiger charge is -2.39. The summed E-state index contributed by atoms with van der Waals surface area (Å²) in [7, 11) is 0. The van der Waals surface area contributed by atoms with E-state index in [0.29, 0.717) is 31.9 Å². The maximum Gasteiger partial charge on any atom is 0.289 e. The monoisotopic (exact) mass is 395 g/mol. The molecule has 0 bridgehead atoms. The maximum absolute atomic E-state index is 12.6. The van der Waals surface area contributed by atoms with Crippen LogP contribution in [0.2, 0.25) is 0 Å². The molecule has 0 radical (unpaired) electrons. The third-order valence-corrected chi connectivity index (χ3v) is 5.07. The topological polar surface area (TPSA) is 93.2 Å². The van der Waals surface area contributed by atoms with Gasteiger partial charge in [-0.05, 0) is 55.0 Å². The molecule has 1 aliphatic heterocycles. The molecule has 152 valence electrons. The molecule has 4 heterocycles. The zero-order valence-corrected chi connectivity index (χ0v) is 16.9. The Labute approximate surface area is 169 Å². The van der Waals surface area contributed by atoms with Gasteiger partial charge >= 0.3 is 0 Å². The number of piperazine rings is 1. The minimum atomic E-state index is -0.254. The molecular weight excluding hydrogens is 370 g/mol. The van der Waals surface area contributed by atoms with Crippen LogP contribution < -0.4 is 0 Å². The number of pyridine rings is 1. The van der Waals surface area contributed by atoms with E-state index >= 15 is 0 Å². The van der Waals surface area contributed by atoms with Crippen molar-refractivity contribution in [3.05, 3.63) is 60.1 Å². The molecule has 0 aliphatic carbocycles. The molecule has 0 spiro atoms. The average molecular weight is 395 g/mol. The van der Waals surface area contributed by atoms with E-state index in [1.54, 1.807) is 18.3 Å². The summed E-state index contributed by atoms with van der Waals surface area (Å²) < 4.78 is 7.13. The van der Waals surface area contributed by atoms with E-state index in [9.17, 15) is 4.79 Å². The van der Waals surface area contributed by atoms with Crippen LogP contribution in [-0.4, -0.2) is 67.1 Å². The number of carbonyl (C=O) groups is 1. The van der Waals surface area contributed by atoms with Gasteiger partial charge in [-0.1, -0.05) is 6.07 Å². The molecule has 1 saturated heterocycles. The van der Waals surface area contributed by atoms with Gasteiger partial charge in [0.2, 0.25) is 0 Å². The summed E-state index contributed by atoms with van der Waals surface area (Å²) in [6, 6.07) is 7.25. The highest BCUT2D eigenvalue weighted by Crippen LogP contribution is 2.30. The fourth-order valence-corrected chi connectivity index (χ4v) is 3.64. The van der Waals surface area contributed by atoms with E-state index in [1.165, 1.54) is 6.26 Å². The first-order valence-corrected chi connectivity index (χ1v) is 9.70. The minimum absolute atomic E-state index is 0.0768. The second-order valence-corrected chi connectivity index (χ2v) is 8.11. The van der Waals surface area contributed by atoms with Crippen LogP contribution in [0.3, 0.4) is 0 Å². The summed E-state index contributed by atoms with van der Waals surface area (Å²) in [4.78, 5) is 21.0. The van der Waals surface area contributed by atoms with Crippen LogP contribution in [0.1, 0.15) is 48.8 Å². The van der Waals surface area contributed by atoms with Crippen LogP contribution in [0.25, 0.3) is 0 Å². The fourth-order valence-electron chi connectivity index (χ4n) is 3.64. The van der Waals surface area contributed by atoms with Crippen LogP contribution in [0, 0.1) is 0 Å². The third-order valence-electron chi connectivity index (χ3n) is 5.07. The molecule has 3 aromatic heterocycles. The van der Waals surface area contributed by atoms with Crippen molar-refractivity contribution in [2.75, 3.05) is 26.2 Å². The van der Waals surface area contributed by atoms with Crippen molar-refractivity contribution < 1.29 is 9.21 Å².